The summed E-state index contributed by atoms with van der Waals surface area (Å²) in [5, 5.41) is 3.10. The Bertz CT molecular complexity index is 398. The molecule has 0 aliphatic carbocycles. The van der Waals surface area contributed by atoms with Crippen LogP contribution in [0.25, 0.3) is 0 Å². The molecule has 0 amide bonds. The zero-order valence-electron chi connectivity index (χ0n) is 9.80. The molecule has 17 heavy (non-hydrogen) atoms. The van der Waals surface area contributed by atoms with Gasteiger partial charge in [-0.25, -0.2) is 4.39 Å². The zero-order chi connectivity index (χ0) is 12.8. The van der Waals surface area contributed by atoms with Crippen molar-refractivity contribution in [1.29, 1.82) is 0 Å². The first-order valence-electron chi connectivity index (χ1n) is 5.40. The largest absolute Gasteiger partial charge is 0.466 e. The molecule has 0 fully saturated rings. The Labute approximate surface area is 105 Å². The van der Waals surface area contributed by atoms with Crippen molar-refractivity contribution in [2.45, 2.75) is 26.3 Å². The van der Waals surface area contributed by atoms with Crippen LogP contribution in [0.3, 0.4) is 0 Å². The van der Waals surface area contributed by atoms with Gasteiger partial charge in [-0.3, -0.25) is 4.79 Å². The highest BCUT2D eigenvalue weighted by molar-refractivity contribution is 6.31. The molecule has 1 atom stereocenters. The fourth-order valence-electron chi connectivity index (χ4n) is 1.39. The standard InChI is InChI=1S/C12H15ClFNO2/c1-3-17-12(16)6-8(2)15-9-4-5-11(14)10(13)7-9/h4-5,7-8,15H,3,6H2,1-2H3. The summed E-state index contributed by atoms with van der Waals surface area (Å²) in [4.78, 5) is 11.2. The lowest BCUT2D eigenvalue weighted by atomic mass is 10.2. The van der Waals surface area contributed by atoms with Crippen LogP contribution in [0.15, 0.2) is 18.2 Å². The van der Waals surface area contributed by atoms with E-state index >= 15 is 0 Å². The average Bonchev–Trinajstić information content (AvgIpc) is 2.23. The van der Waals surface area contributed by atoms with E-state index in [1.807, 2.05) is 6.92 Å². The van der Waals surface area contributed by atoms with Crippen LogP contribution in [-0.4, -0.2) is 18.6 Å². The summed E-state index contributed by atoms with van der Waals surface area (Å²) in [7, 11) is 0. The van der Waals surface area contributed by atoms with E-state index in [0.717, 1.165) is 0 Å². The summed E-state index contributed by atoms with van der Waals surface area (Å²) in [6.07, 6.45) is 0.253. The number of halogens is 2. The highest BCUT2D eigenvalue weighted by Gasteiger charge is 2.10. The highest BCUT2D eigenvalue weighted by Crippen LogP contribution is 2.20. The van der Waals surface area contributed by atoms with Gasteiger partial charge in [0.25, 0.3) is 0 Å². The summed E-state index contributed by atoms with van der Waals surface area (Å²) in [6, 6.07) is 4.24. The van der Waals surface area contributed by atoms with Crippen molar-refractivity contribution in [3.8, 4) is 0 Å². The Morgan fingerprint density at radius 3 is 2.88 bits per heavy atom. The van der Waals surface area contributed by atoms with Gasteiger partial charge in [0.1, 0.15) is 5.82 Å². The van der Waals surface area contributed by atoms with Gasteiger partial charge in [-0.2, -0.15) is 0 Å². The molecule has 3 nitrogen and oxygen atoms in total. The number of rotatable bonds is 5. The molecule has 0 bridgehead atoms. The number of nitrogens with one attached hydrogen (secondary N) is 1. The minimum atomic E-state index is -0.463. The Hall–Kier alpha value is -1.29. The summed E-state index contributed by atoms with van der Waals surface area (Å²) in [5.74, 6) is -0.726. The fourth-order valence-corrected chi connectivity index (χ4v) is 1.57. The van der Waals surface area contributed by atoms with Gasteiger partial charge < -0.3 is 10.1 Å². The van der Waals surface area contributed by atoms with E-state index < -0.39 is 5.82 Å². The topological polar surface area (TPSA) is 38.3 Å². The van der Waals surface area contributed by atoms with Crippen LogP contribution in [-0.2, 0) is 9.53 Å². The van der Waals surface area contributed by atoms with Gasteiger partial charge in [-0.05, 0) is 32.0 Å². The van der Waals surface area contributed by atoms with E-state index in [-0.39, 0.29) is 23.5 Å². The van der Waals surface area contributed by atoms with E-state index in [4.69, 9.17) is 16.3 Å². The molecule has 0 aliphatic heterocycles. The van der Waals surface area contributed by atoms with Gasteiger partial charge in [-0.1, -0.05) is 11.6 Å². The third-order valence-electron chi connectivity index (χ3n) is 2.11. The van der Waals surface area contributed by atoms with Gasteiger partial charge in [0.15, 0.2) is 0 Å². The second kappa shape index (κ2) is 6.45. The zero-order valence-corrected chi connectivity index (χ0v) is 10.6. The van der Waals surface area contributed by atoms with E-state index in [1.165, 1.54) is 12.1 Å². The van der Waals surface area contributed by atoms with Crippen LogP contribution in [0.4, 0.5) is 10.1 Å². The van der Waals surface area contributed by atoms with E-state index in [1.54, 1.807) is 13.0 Å². The number of anilines is 1. The molecule has 0 aliphatic rings. The van der Waals surface area contributed by atoms with Gasteiger partial charge in [0, 0.05) is 11.7 Å². The van der Waals surface area contributed by atoms with Crippen LogP contribution in [0.2, 0.25) is 5.02 Å². The van der Waals surface area contributed by atoms with Crippen molar-refractivity contribution in [3.05, 3.63) is 29.0 Å². The molecule has 1 aromatic rings. The van der Waals surface area contributed by atoms with Crippen molar-refractivity contribution in [3.63, 3.8) is 0 Å². The van der Waals surface area contributed by atoms with Gasteiger partial charge in [0.2, 0.25) is 0 Å². The number of hydrogen-bond donors (Lipinski definition) is 1. The van der Waals surface area contributed by atoms with Crippen molar-refractivity contribution in [1.82, 2.24) is 0 Å². The van der Waals surface area contributed by atoms with Crippen LogP contribution < -0.4 is 5.32 Å². The van der Waals surface area contributed by atoms with E-state index in [0.29, 0.717) is 12.3 Å². The molecule has 0 radical (unpaired) electrons. The third kappa shape index (κ3) is 4.61. The predicted molar refractivity (Wildman–Crippen MR) is 65.7 cm³/mol. The van der Waals surface area contributed by atoms with Crippen LogP contribution in [0.1, 0.15) is 20.3 Å². The number of ether oxygens (including phenoxy) is 1. The van der Waals surface area contributed by atoms with Crippen LogP contribution in [0, 0.1) is 5.82 Å². The number of carbonyl (C=O) groups excluding carboxylic acids is 1. The Balaban J connectivity index is 2.53. The molecule has 1 rings (SSSR count). The molecule has 0 heterocycles. The second-order valence-electron chi connectivity index (χ2n) is 3.68. The van der Waals surface area contributed by atoms with E-state index in [9.17, 15) is 9.18 Å². The number of hydrogen-bond acceptors (Lipinski definition) is 3. The minimum absolute atomic E-state index is 0.0540. The minimum Gasteiger partial charge on any atom is -0.466 e. The van der Waals surface area contributed by atoms with Crippen molar-refractivity contribution in [2.75, 3.05) is 11.9 Å². The lowest BCUT2D eigenvalue weighted by molar-refractivity contribution is -0.143. The maximum atomic E-state index is 12.9. The first kappa shape index (κ1) is 13.8. The maximum Gasteiger partial charge on any atom is 0.307 e. The molecule has 1 aromatic carbocycles. The van der Waals surface area contributed by atoms with Crippen LogP contribution in [0.5, 0.6) is 0 Å². The summed E-state index contributed by atoms with van der Waals surface area (Å²) >= 11 is 5.65. The second-order valence-corrected chi connectivity index (χ2v) is 4.09. The number of esters is 1. The van der Waals surface area contributed by atoms with Crippen molar-refractivity contribution < 1.29 is 13.9 Å². The fraction of sp³-hybridized carbons (Fsp3) is 0.417. The Kier molecular flexibility index (Phi) is 5.22. The smallest absolute Gasteiger partial charge is 0.307 e. The molecule has 94 valence electrons. The normalized spacial score (nSPS) is 12.0. The Morgan fingerprint density at radius 1 is 1.59 bits per heavy atom. The van der Waals surface area contributed by atoms with Crippen molar-refractivity contribution >= 4 is 23.3 Å². The van der Waals surface area contributed by atoms with E-state index in [2.05, 4.69) is 5.32 Å². The molecule has 5 heteroatoms. The lowest BCUT2D eigenvalue weighted by Crippen LogP contribution is -2.21. The molecule has 1 unspecified atom stereocenters. The maximum absolute atomic E-state index is 12.9. The molecule has 1 N–H and O–H groups in total. The average molecular weight is 260 g/mol. The van der Waals surface area contributed by atoms with Gasteiger partial charge >= 0.3 is 5.97 Å². The first-order chi connectivity index (χ1) is 8.02. The summed E-state index contributed by atoms with van der Waals surface area (Å²) in [5.41, 5.74) is 0.674. The predicted octanol–water partition coefficient (Wildman–Crippen LogP) is 3.23. The highest BCUT2D eigenvalue weighted by atomic mass is 35.5. The summed E-state index contributed by atoms with van der Waals surface area (Å²) in [6.45, 7) is 3.97. The lowest BCUT2D eigenvalue weighted by Gasteiger charge is -2.14. The molecule has 0 saturated heterocycles. The molecular formula is C12H15ClFNO2. The van der Waals surface area contributed by atoms with Crippen LogP contribution >= 0.6 is 11.6 Å². The summed E-state index contributed by atoms with van der Waals surface area (Å²) < 4.78 is 17.7. The molecule has 0 spiro atoms. The van der Waals surface area contributed by atoms with Crippen molar-refractivity contribution in [2.24, 2.45) is 0 Å². The number of carbonyl (C=O) groups is 1. The SMILES string of the molecule is CCOC(=O)CC(C)Nc1ccc(F)c(Cl)c1. The molecular weight excluding hydrogens is 245 g/mol. The quantitative estimate of drug-likeness (QED) is 0.825. The number of benzene rings is 1. The molecule has 0 saturated carbocycles. The monoisotopic (exact) mass is 259 g/mol. The first-order valence-corrected chi connectivity index (χ1v) is 5.78. The molecule has 0 aromatic heterocycles. The Morgan fingerprint density at radius 2 is 2.29 bits per heavy atom. The van der Waals surface area contributed by atoms with Gasteiger partial charge in [-0.15, -0.1) is 0 Å². The van der Waals surface area contributed by atoms with Gasteiger partial charge in [0.05, 0.1) is 18.1 Å². The third-order valence-corrected chi connectivity index (χ3v) is 2.40.